The number of ether oxygens (including phenoxy) is 1. The largest absolute Gasteiger partial charge is 0.491 e. The zero-order valence-electron chi connectivity index (χ0n) is 36.3. The van der Waals surface area contributed by atoms with E-state index < -0.39 is 145 Å². The molecule has 0 saturated carbocycles. The highest BCUT2D eigenvalue weighted by atomic mass is 16.5. The average Bonchev–Trinajstić information content (AvgIpc) is 3.74. The number of amides is 11. The van der Waals surface area contributed by atoms with E-state index in [9.17, 15) is 62.6 Å². The molecule has 24 nitrogen and oxygen atoms in total. The number of rotatable bonds is 12. The van der Waals surface area contributed by atoms with Gasteiger partial charge in [-0.05, 0) is 42.9 Å². The molecule has 0 radical (unpaired) electrons. The number of carbonyl (C=O) groups excluding carboxylic acids is 11. The van der Waals surface area contributed by atoms with E-state index in [1.165, 1.54) is 13.0 Å². The second-order valence-corrected chi connectivity index (χ2v) is 16.5. The predicted octanol–water partition coefficient (Wildman–Crippen LogP) is -3.91. The normalized spacial score (nSPS) is 24.0. The monoisotopic (exact) mass is 920 g/mol. The summed E-state index contributed by atoms with van der Waals surface area (Å²) in [6.07, 6.45) is 3.72. The van der Waals surface area contributed by atoms with Gasteiger partial charge in [-0.15, -0.1) is 0 Å². The fourth-order valence-electron chi connectivity index (χ4n) is 7.38. The molecule has 11 amide bonds. The molecule has 7 atom stereocenters. The van der Waals surface area contributed by atoms with E-state index in [-0.39, 0.29) is 43.7 Å². The van der Waals surface area contributed by atoms with Gasteiger partial charge in [-0.3, -0.25) is 67.3 Å². The summed E-state index contributed by atoms with van der Waals surface area (Å²) in [7, 11) is 0. The lowest BCUT2D eigenvalue weighted by Gasteiger charge is -2.31. The number of anilines is 1. The molecule has 4 heterocycles. The Morgan fingerprint density at radius 3 is 1.89 bits per heavy atom. The zero-order valence-corrected chi connectivity index (χ0v) is 36.3. The Labute approximate surface area is 377 Å². The van der Waals surface area contributed by atoms with E-state index in [0.717, 1.165) is 24.3 Å². The van der Waals surface area contributed by atoms with E-state index in [1.807, 2.05) is 0 Å². The molecule has 0 bridgehead atoms. The van der Waals surface area contributed by atoms with Crippen LogP contribution in [0.2, 0.25) is 0 Å². The van der Waals surface area contributed by atoms with Crippen molar-refractivity contribution in [3.8, 4) is 5.75 Å². The van der Waals surface area contributed by atoms with Crippen molar-refractivity contribution in [3.05, 3.63) is 48.1 Å². The molecule has 0 aliphatic carbocycles. The molecule has 5 rings (SSSR count). The lowest BCUT2D eigenvalue weighted by atomic mass is 9.96. The van der Waals surface area contributed by atoms with Crippen LogP contribution in [0.25, 0.3) is 0 Å². The molecule has 354 valence electrons. The molecular weight excluding hydrogens is 869 g/mol. The Morgan fingerprint density at radius 1 is 0.788 bits per heavy atom. The van der Waals surface area contributed by atoms with Crippen LogP contribution in [0.15, 0.2) is 42.5 Å². The number of carbonyl (C=O) groups is 12. The van der Waals surface area contributed by atoms with E-state index in [0.29, 0.717) is 15.4 Å². The Bertz CT molecular complexity index is 2210. The van der Waals surface area contributed by atoms with Gasteiger partial charge in [-0.25, -0.2) is 0 Å². The second kappa shape index (κ2) is 21.9. The second-order valence-electron chi connectivity index (χ2n) is 16.5. The fourth-order valence-corrected chi connectivity index (χ4v) is 7.38. The number of nitrogens with zero attached hydrogens (tertiary/aromatic N) is 2. The number of benzene rings is 1. The van der Waals surface area contributed by atoms with Gasteiger partial charge in [0, 0.05) is 55.8 Å². The van der Waals surface area contributed by atoms with Crippen LogP contribution in [-0.2, 0) is 64.0 Å². The van der Waals surface area contributed by atoms with Crippen LogP contribution in [0.4, 0.5) is 5.69 Å². The van der Waals surface area contributed by atoms with Gasteiger partial charge in [0.15, 0.2) is 0 Å². The number of nitrogens with two attached hydrogens (primary N) is 1. The number of aliphatic carboxylic acids is 1. The summed E-state index contributed by atoms with van der Waals surface area (Å²) >= 11 is 0. The van der Waals surface area contributed by atoms with Crippen LogP contribution in [0.3, 0.4) is 0 Å². The number of nitrogens with one attached hydrogen (secondary N) is 7. The van der Waals surface area contributed by atoms with Crippen LogP contribution < -0.4 is 47.7 Å². The first-order valence-corrected chi connectivity index (χ1v) is 21.1. The smallest absolute Gasteiger partial charge is 0.306 e. The lowest BCUT2D eigenvalue weighted by molar-refractivity contribution is -0.143. The van der Waals surface area contributed by atoms with E-state index in [1.54, 1.807) is 26.0 Å². The molecule has 10 N–H and O–H groups in total. The minimum Gasteiger partial charge on any atom is -0.491 e. The third kappa shape index (κ3) is 12.8. The van der Waals surface area contributed by atoms with Crippen molar-refractivity contribution < 1.29 is 67.4 Å². The van der Waals surface area contributed by atoms with Crippen molar-refractivity contribution in [1.82, 2.24) is 41.7 Å². The van der Waals surface area contributed by atoms with Gasteiger partial charge in [0.1, 0.15) is 43.0 Å². The standard InChI is InChI=1S/C42H52N10O14/c1-20(2)34-40(62)46-25-15-22(14-24(43)13-21(3)42(64)65)6-7-26(25)66-19-23-16-45-39(61)37(49-29(55)18-52-32(58)10-11-33(52)59)36(48-28(54)17-51-30(56)8-9-31(51)57)38(60)44-12-4-5-27(53)47-35(23)41(63)50-34/h6-11,15,20-21,23-24,34-37H,4-5,12-14,16-19,43H2,1-3H3,(H,44,60)(H,45,61)(H,46,62)(H,47,53)(H,48,54)(H,49,55)(H,50,63)(H,64,65)/t21-,23?,24+,34?,35-,36+,37-/m0/s1. The first-order valence-electron chi connectivity index (χ1n) is 21.1. The van der Waals surface area contributed by atoms with E-state index in [4.69, 9.17) is 10.5 Å². The molecule has 0 spiro atoms. The van der Waals surface area contributed by atoms with Crippen LogP contribution in [0, 0.1) is 17.8 Å². The first kappa shape index (κ1) is 49.5. The van der Waals surface area contributed by atoms with Gasteiger partial charge in [0.2, 0.25) is 41.4 Å². The Balaban J connectivity index is 1.50. The third-order valence-corrected chi connectivity index (χ3v) is 11.0. The van der Waals surface area contributed by atoms with Crippen molar-refractivity contribution in [3.63, 3.8) is 0 Å². The Morgan fingerprint density at radius 2 is 1.35 bits per heavy atom. The lowest BCUT2D eigenvalue weighted by Crippen LogP contribution is -2.66. The number of imide groups is 2. The molecule has 24 heteroatoms. The van der Waals surface area contributed by atoms with E-state index >= 15 is 0 Å². The molecule has 1 aromatic rings. The number of hydrogen-bond acceptors (Lipinski definition) is 14. The SMILES string of the molecule is CC(C)C1NC(=O)[C@H]2NC(=O)CCCNC(=O)[C@H](NC(=O)CN3C(=O)C=CC3=O)[C@H](NC(=O)CN3C(=O)C=CC3=O)C(=O)NCC2COc2ccc(C[C@H](N)C[C@H](C)C(=O)O)cc2NC1=O. The summed E-state index contributed by atoms with van der Waals surface area (Å²) in [4.78, 5) is 158. The molecule has 1 saturated heterocycles. The molecule has 0 aromatic heterocycles. The highest BCUT2D eigenvalue weighted by molar-refractivity contribution is 6.15. The van der Waals surface area contributed by atoms with Crippen molar-refractivity contribution in [1.29, 1.82) is 0 Å². The number of fused-ring (bicyclic) bond motifs is 2. The molecule has 1 fully saturated rings. The van der Waals surface area contributed by atoms with Gasteiger partial charge < -0.3 is 52.8 Å². The predicted molar refractivity (Wildman–Crippen MR) is 227 cm³/mol. The topological polar surface area (TPSA) is 351 Å². The summed E-state index contributed by atoms with van der Waals surface area (Å²) in [6, 6.07) is -2.52. The van der Waals surface area contributed by atoms with Crippen molar-refractivity contribution in [2.24, 2.45) is 23.5 Å². The summed E-state index contributed by atoms with van der Waals surface area (Å²) in [5, 5.41) is 27.1. The van der Waals surface area contributed by atoms with Gasteiger partial charge in [0.05, 0.1) is 18.2 Å². The highest BCUT2D eigenvalue weighted by Gasteiger charge is 2.41. The molecule has 4 aliphatic heterocycles. The number of carboxylic acids is 1. The maximum Gasteiger partial charge on any atom is 0.306 e. The van der Waals surface area contributed by atoms with Gasteiger partial charge in [0.25, 0.3) is 23.6 Å². The van der Waals surface area contributed by atoms with Crippen molar-refractivity contribution >= 4 is 76.6 Å². The Hall–Kier alpha value is -7.50. The zero-order chi connectivity index (χ0) is 48.4. The first-order chi connectivity index (χ1) is 31.2. The summed E-state index contributed by atoms with van der Waals surface area (Å²) < 4.78 is 6.20. The maximum absolute atomic E-state index is 14.4. The molecule has 66 heavy (non-hydrogen) atoms. The van der Waals surface area contributed by atoms with Crippen molar-refractivity contribution in [2.75, 3.05) is 38.1 Å². The van der Waals surface area contributed by atoms with Gasteiger partial charge >= 0.3 is 5.97 Å². The highest BCUT2D eigenvalue weighted by Crippen LogP contribution is 2.29. The van der Waals surface area contributed by atoms with E-state index in [2.05, 4.69) is 37.2 Å². The Kier molecular flexibility index (Phi) is 16.4. The minimum absolute atomic E-state index is 0.0583. The molecule has 4 aliphatic rings. The van der Waals surface area contributed by atoms with Gasteiger partial charge in [-0.2, -0.15) is 0 Å². The fraction of sp³-hybridized carbons (Fsp3) is 0.476. The molecule has 1 aromatic carbocycles. The average molecular weight is 921 g/mol. The van der Waals surface area contributed by atoms with Crippen LogP contribution in [0.1, 0.15) is 45.6 Å². The van der Waals surface area contributed by atoms with Crippen LogP contribution in [0.5, 0.6) is 5.75 Å². The number of hydrogen-bond donors (Lipinski definition) is 9. The maximum atomic E-state index is 14.4. The number of carboxylic acid groups (broad SMARTS) is 1. The van der Waals surface area contributed by atoms with Crippen LogP contribution >= 0.6 is 0 Å². The third-order valence-electron chi connectivity index (χ3n) is 11.0. The quantitative estimate of drug-likeness (QED) is 0.0905. The van der Waals surface area contributed by atoms with Crippen molar-refractivity contribution in [2.45, 2.75) is 76.7 Å². The van der Waals surface area contributed by atoms with Crippen LogP contribution in [-0.4, -0.2) is 149 Å². The summed E-state index contributed by atoms with van der Waals surface area (Å²) in [5.74, 6) is -13.3. The van der Waals surface area contributed by atoms with Gasteiger partial charge in [-0.1, -0.05) is 26.8 Å². The summed E-state index contributed by atoms with van der Waals surface area (Å²) in [6.45, 7) is 1.84. The minimum atomic E-state index is -2.03. The summed E-state index contributed by atoms with van der Waals surface area (Å²) in [5.41, 5.74) is 7.05. The molecule has 2 unspecified atom stereocenters. The molecular formula is C42H52N10O14.